The minimum atomic E-state index is -4.83. The molecule has 16 heteroatoms. The second kappa shape index (κ2) is 10.3. The van der Waals surface area contributed by atoms with Crippen LogP contribution < -0.4 is 20.5 Å². The maximum Gasteiger partial charge on any atom is 0.422 e. The summed E-state index contributed by atoms with van der Waals surface area (Å²) in [5.74, 6) is -4.50. The number of aliphatic hydroxyl groups excluding tert-OH is 1. The van der Waals surface area contributed by atoms with E-state index in [1.807, 2.05) is 0 Å². The number of rotatable bonds is 8. The highest BCUT2D eigenvalue weighted by molar-refractivity contribution is 6.34. The molecular formula is C19H17ClF4N6O5. The summed E-state index contributed by atoms with van der Waals surface area (Å²) >= 11 is 6.03. The van der Waals surface area contributed by atoms with Crippen LogP contribution in [0, 0.1) is 5.82 Å². The molecule has 3 rings (SSSR count). The lowest BCUT2D eigenvalue weighted by Crippen LogP contribution is -2.27. The summed E-state index contributed by atoms with van der Waals surface area (Å²) in [5, 5.41) is 15.4. The van der Waals surface area contributed by atoms with Crippen LogP contribution in [0.3, 0.4) is 0 Å². The Balaban J connectivity index is 2.12. The van der Waals surface area contributed by atoms with Crippen LogP contribution in [-0.2, 0) is 13.2 Å². The Kier molecular flexibility index (Phi) is 7.60. The van der Waals surface area contributed by atoms with Crippen LogP contribution in [0.4, 0.5) is 23.2 Å². The number of alkyl halides is 3. The number of hydrogen-bond acceptors (Lipinski definition) is 8. The number of carbonyl (C=O) groups is 1. The van der Waals surface area contributed by atoms with Gasteiger partial charge in [-0.3, -0.25) is 9.36 Å². The quantitative estimate of drug-likeness (QED) is 0.432. The van der Waals surface area contributed by atoms with Gasteiger partial charge in [-0.05, 0) is 19.1 Å². The molecule has 0 bridgehead atoms. The number of halogens is 5. The molecule has 11 nitrogen and oxygen atoms in total. The summed E-state index contributed by atoms with van der Waals surface area (Å²) in [6, 6.07) is 1.83. The zero-order valence-corrected chi connectivity index (χ0v) is 18.8. The first-order chi connectivity index (χ1) is 16.5. The molecule has 0 aliphatic heterocycles. The molecule has 0 fully saturated rings. The van der Waals surface area contributed by atoms with Gasteiger partial charge in [-0.15, -0.1) is 5.10 Å². The second-order valence-corrected chi connectivity index (χ2v) is 7.10. The highest BCUT2D eigenvalue weighted by Gasteiger charge is 2.31. The molecular weight excluding hydrogens is 504 g/mol. The maximum atomic E-state index is 15.0. The normalized spacial score (nSPS) is 11.4. The maximum absolute atomic E-state index is 15.0. The smallest absolute Gasteiger partial charge is 0.422 e. The third kappa shape index (κ3) is 5.51. The Hall–Kier alpha value is -3.72. The van der Waals surface area contributed by atoms with Crippen molar-refractivity contribution in [3.8, 4) is 17.6 Å². The fraction of sp³-hybridized carbons (Fsp3) is 0.316. The van der Waals surface area contributed by atoms with E-state index < -0.39 is 54.1 Å². The first kappa shape index (κ1) is 25.9. The van der Waals surface area contributed by atoms with Crippen molar-refractivity contribution in [1.82, 2.24) is 24.3 Å². The van der Waals surface area contributed by atoms with Gasteiger partial charge in [0.2, 0.25) is 11.8 Å². The second-order valence-electron chi connectivity index (χ2n) is 6.69. The zero-order valence-electron chi connectivity index (χ0n) is 18.1. The van der Waals surface area contributed by atoms with Crippen LogP contribution in [-0.4, -0.2) is 55.2 Å². The van der Waals surface area contributed by atoms with Crippen molar-refractivity contribution in [2.45, 2.75) is 26.3 Å². The van der Waals surface area contributed by atoms with E-state index >= 15 is 0 Å². The Bertz CT molecular complexity index is 1310. The zero-order chi connectivity index (χ0) is 25.9. The van der Waals surface area contributed by atoms with Crippen LogP contribution >= 0.6 is 11.6 Å². The summed E-state index contributed by atoms with van der Waals surface area (Å²) in [5.41, 5.74) is -1.81. The third-order valence-corrected chi connectivity index (χ3v) is 4.75. The Morgan fingerprint density at radius 2 is 2.03 bits per heavy atom. The molecule has 35 heavy (non-hydrogen) atoms. The van der Waals surface area contributed by atoms with Gasteiger partial charge in [0.05, 0.1) is 12.1 Å². The highest BCUT2D eigenvalue weighted by Crippen LogP contribution is 2.31. The number of amides is 1. The molecule has 0 unspecified atom stereocenters. The van der Waals surface area contributed by atoms with Crippen molar-refractivity contribution in [2.24, 2.45) is 0 Å². The summed E-state index contributed by atoms with van der Waals surface area (Å²) in [4.78, 5) is 32.9. The molecule has 188 valence electrons. The molecule has 3 aromatic heterocycles. The average Bonchev–Trinajstić information content (AvgIpc) is 3.13. The molecule has 0 saturated carbocycles. The van der Waals surface area contributed by atoms with Gasteiger partial charge in [0, 0.05) is 12.7 Å². The van der Waals surface area contributed by atoms with Gasteiger partial charge < -0.3 is 19.9 Å². The van der Waals surface area contributed by atoms with Crippen molar-refractivity contribution in [3.63, 3.8) is 0 Å². The fourth-order valence-corrected chi connectivity index (χ4v) is 3.10. The highest BCUT2D eigenvalue weighted by atomic mass is 35.5. The monoisotopic (exact) mass is 520 g/mol. The van der Waals surface area contributed by atoms with Crippen molar-refractivity contribution in [2.75, 3.05) is 19.0 Å². The number of carbonyl (C=O) groups excluding carboxylic acids is 1. The van der Waals surface area contributed by atoms with E-state index in [2.05, 4.69) is 25.1 Å². The predicted molar refractivity (Wildman–Crippen MR) is 112 cm³/mol. The number of pyridine rings is 2. The molecule has 0 radical (unpaired) electrons. The van der Waals surface area contributed by atoms with Gasteiger partial charge in [0.25, 0.3) is 5.91 Å². The lowest BCUT2D eigenvalue weighted by atomic mass is 10.2. The number of ether oxygens (including phenoxy) is 2. The minimum Gasteiger partial charge on any atom is -0.479 e. The van der Waals surface area contributed by atoms with E-state index in [-0.39, 0.29) is 29.0 Å². The first-order valence-corrected chi connectivity index (χ1v) is 10.1. The van der Waals surface area contributed by atoms with Crippen LogP contribution in [0.25, 0.3) is 5.82 Å². The first-order valence-electron chi connectivity index (χ1n) is 9.70. The van der Waals surface area contributed by atoms with Crippen LogP contribution in [0.2, 0.25) is 5.02 Å². The van der Waals surface area contributed by atoms with E-state index in [4.69, 9.17) is 16.3 Å². The average molecular weight is 521 g/mol. The molecule has 0 aliphatic carbocycles. The van der Waals surface area contributed by atoms with Gasteiger partial charge in [-0.1, -0.05) is 11.6 Å². The molecule has 0 saturated heterocycles. The molecule has 0 aliphatic rings. The van der Waals surface area contributed by atoms with Gasteiger partial charge in [0.1, 0.15) is 17.9 Å². The predicted octanol–water partition coefficient (Wildman–Crippen LogP) is 2.33. The largest absolute Gasteiger partial charge is 0.479 e. The number of methoxy groups -OCH3 is 1. The number of anilines is 1. The van der Waals surface area contributed by atoms with E-state index in [1.165, 1.54) is 19.4 Å². The van der Waals surface area contributed by atoms with Crippen molar-refractivity contribution >= 4 is 23.2 Å². The van der Waals surface area contributed by atoms with E-state index in [9.17, 15) is 32.3 Å². The lowest BCUT2D eigenvalue weighted by molar-refractivity contribution is -0.154. The molecule has 0 atom stereocenters. The van der Waals surface area contributed by atoms with Crippen molar-refractivity contribution in [1.29, 1.82) is 0 Å². The number of nitrogens with zero attached hydrogens (tertiary/aromatic N) is 5. The molecule has 2 N–H and O–H groups in total. The summed E-state index contributed by atoms with van der Waals surface area (Å²) in [6.07, 6.45) is -3.55. The van der Waals surface area contributed by atoms with Crippen molar-refractivity contribution < 1.29 is 36.9 Å². The Morgan fingerprint density at radius 3 is 2.60 bits per heavy atom. The molecule has 0 spiro atoms. The van der Waals surface area contributed by atoms with Crippen LogP contribution in [0.1, 0.15) is 23.1 Å². The molecule has 3 aromatic rings. The van der Waals surface area contributed by atoms with Gasteiger partial charge >= 0.3 is 11.9 Å². The topological polar surface area (TPSA) is 133 Å². The van der Waals surface area contributed by atoms with Gasteiger partial charge in [-0.25, -0.2) is 14.2 Å². The number of aromatic nitrogens is 5. The van der Waals surface area contributed by atoms with E-state index in [1.54, 1.807) is 6.92 Å². The number of hydrogen-bond donors (Lipinski definition) is 2. The standard InChI is InChI=1S/C19H17ClF4N6O5/c1-3-29-12(7-31)28-30(18(29)33)14-11(21)6-9(16(27-14)35-8-19(22,23)24)15(32)26-13-10(20)4-5-25-17(13)34-2/h4-6,31H,3,7-8H2,1-2H3,(H,26,32). The SMILES string of the molecule is CCn1c(CO)nn(-c2nc(OCC(F)(F)F)c(C(=O)Nc3c(Cl)ccnc3OC)cc2F)c1=O. The third-order valence-electron chi connectivity index (χ3n) is 4.43. The van der Waals surface area contributed by atoms with Crippen molar-refractivity contribution in [3.05, 3.63) is 51.0 Å². The Morgan fingerprint density at radius 1 is 1.31 bits per heavy atom. The van der Waals surface area contributed by atoms with Crippen LogP contribution in [0.5, 0.6) is 11.8 Å². The summed E-state index contributed by atoms with van der Waals surface area (Å²) < 4.78 is 64.5. The van der Waals surface area contributed by atoms with E-state index in [0.717, 1.165) is 4.57 Å². The van der Waals surface area contributed by atoms with Gasteiger partial charge in [-0.2, -0.15) is 22.8 Å². The lowest BCUT2D eigenvalue weighted by Gasteiger charge is -2.15. The molecule has 0 aromatic carbocycles. The number of aliphatic hydroxyl groups is 1. The summed E-state index contributed by atoms with van der Waals surface area (Å²) in [7, 11) is 1.23. The van der Waals surface area contributed by atoms with Gasteiger partial charge in [0.15, 0.2) is 24.1 Å². The number of nitrogens with one attached hydrogen (secondary N) is 1. The molecule has 1 amide bonds. The Labute approximate surface area is 198 Å². The fourth-order valence-electron chi connectivity index (χ4n) is 2.91. The summed E-state index contributed by atoms with van der Waals surface area (Å²) in [6.45, 7) is -0.937. The minimum absolute atomic E-state index is 0.0267. The molecule has 3 heterocycles. The van der Waals surface area contributed by atoms with E-state index in [0.29, 0.717) is 10.7 Å². The van der Waals surface area contributed by atoms with Crippen LogP contribution in [0.15, 0.2) is 23.1 Å².